The SMILES string of the molecule is CNc1nc(Br)c(CCC2CCCCC2)s1. The number of thiazole rings is 1. The highest BCUT2D eigenvalue weighted by molar-refractivity contribution is 9.10. The molecule has 0 bridgehead atoms. The van der Waals surface area contributed by atoms with Crippen molar-refractivity contribution in [1.29, 1.82) is 0 Å². The summed E-state index contributed by atoms with van der Waals surface area (Å²) in [7, 11) is 1.93. The largest absolute Gasteiger partial charge is 0.365 e. The Balaban J connectivity index is 1.85. The van der Waals surface area contributed by atoms with Crippen molar-refractivity contribution in [3.05, 3.63) is 9.48 Å². The lowest BCUT2D eigenvalue weighted by Gasteiger charge is -2.20. The normalized spacial score (nSPS) is 17.6. The van der Waals surface area contributed by atoms with Crippen molar-refractivity contribution in [3.63, 3.8) is 0 Å². The van der Waals surface area contributed by atoms with Crippen LogP contribution in [0.2, 0.25) is 0 Å². The highest BCUT2D eigenvalue weighted by Gasteiger charge is 2.15. The van der Waals surface area contributed by atoms with Crippen LogP contribution in [0.5, 0.6) is 0 Å². The molecule has 0 atom stereocenters. The van der Waals surface area contributed by atoms with Gasteiger partial charge >= 0.3 is 0 Å². The van der Waals surface area contributed by atoms with E-state index in [4.69, 9.17) is 0 Å². The Labute approximate surface area is 110 Å². The molecule has 0 radical (unpaired) electrons. The van der Waals surface area contributed by atoms with Crippen LogP contribution in [0.4, 0.5) is 5.13 Å². The van der Waals surface area contributed by atoms with E-state index in [-0.39, 0.29) is 0 Å². The highest BCUT2D eigenvalue weighted by atomic mass is 79.9. The molecule has 1 saturated carbocycles. The summed E-state index contributed by atoms with van der Waals surface area (Å²) in [6, 6.07) is 0. The lowest BCUT2D eigenvalue weighted by Crippen LogP contribution is -2.06. The summed E-state index contributed by atoms with van der Waals surface area (Å²) >= 11 is 5.32. The molecule has 0 aliphatic heterocycles. The summed E-state index contributed by atoms with van der Waals surface area (Å²) in [5.41, 5.74) is 0. The molecule has 1 aromatic heterocycles. The third-order valence-electron chi connectivity index (χ3n) is 3.37. The van der Waals surface area contributed by atoms with Gasteiger partial charge in [-0.2, -0.15) is 0 Å². The Morgan fingerprint density at radius 3 is 2.75 bits per heavy atom. The first kappa shape index (κ1) is 12.4. The minimum Gasteiger partial charge on any atom is -0.365 e. The molecule has 0 spiro atoms. The van der Waals surface area contributed by atoms with Crippen molar-refractivity contribution >= 4 is 32.4 Å². The van der Waals surface area contributed by atoms with Crippen molar-refractivity contribution in [2.45, 2.75) is 44.9 Å². The van der Waals surface area contributed by atoms with Crippen molar-refractivity contribution in [2.75, 3.05) is 12.4 Å². The van der Waals surface area contributed by atoms with E-state index in [1.165, 1.54) is 49.8 Å². The lowest BCUT2D eigenvalue weighted by molar-refractivity contribution is 0.340. The quantitative estimate of drug-likeness (QED) is 0.888. The van der Waals surface area contributed by atoms with Gasteiger partial charge in [-0.05, 0) is 34.7 Å². The van der Waals surface area contributed by atoms with Gasteiger partial charge in [-0.3, -0.25) is 0 Å². The van der Waals surface area contributed by atoms with Gasteiger partial charge in [0.15, 0.2) is 5.13 Å². The second kappa shape index (κ2) is 6.01. The fourth-order valence-corrected chi connectivity index (χ4v) is 3.96. The van der Waals surface area contributed by atoms with E-state index in [9.17, 15) is 0 Å². The standard InChI is InChI=1S/C12H19BrN2S/c1-14-12-15-11(13)10(16-12)8-7-9-5-3-2-4-6-9/h9H,2-8H2,1H3,(H,14,15). The van der Waals surface area contributed by atoms with Crippen molar-refractivity contribution in [3.8, 4) is 0 Å². The van der Waals surface area contributed by atoms with Gasteiger partial charge < -0.3 is 5.32 Å². The molecule has 0 saturated heterocycles. The molecule has 1 aliphatic rings. The number of aromatic nitrogens is 1. The molecule has 1 fully saturated rings. The van der Waals surface area contributed by atoms with Gasteiger partial charge in [-0.1, -0.05) is 32.1 Å². The number of aryl methyl sites for hydroxylation is 1. The minimum atomic E-state index is 0.959. The molecular formula is C12H19BrN2S. The molecule has 0 amide bonds. The van der Waals surface area contributed by atoms with Crippen molar-refractivity contribution < 1.29 is 0 Å². The monoisotopic (exact) mass is 302 g/mol. The zero-order valence-electron chi connectivity index (χ0n) is 9.76. The zero-order chi connectivity index (χ0) is 11.4. The third-order valence-corrected chi connectivity index (χ3v) is 5.42. The predicted molar refractivity (Wildman–Crippen MR) is 74.3 cm³/mol. The van der Waals surface area contributed by atoms with Gasteiger partial charge in [-0.25, -0.2) is 4.98 Å². The summed E-state index contributed by atoms with van der Waals surface area (Å²) in [6.45, 7) is 0. The van der Waals surface area contributed by atoms with E-state index < -0.39 is 0 Å². The topological polar surface area (TPSA) is 24.9 Å². The molecule has 1 aromatic rings. The third kappa shape index (κ3) is 3.20. The summed E-state index contributed by atoms with van der Waals surface area (Å²) in [5.74, 6) is 0.959. The van der Waals surface area contributed by atoms with Crippen molar-refractivity contribution in [1.82, 2.24) is 4.98 Å². The molecule has 16 heavy (non-hydrogen) atoms. The van der Waals surface area contributed by atoms with Gasteiger partial charge in [0.1, 0.15) is 4.60 Å². The minimum absolute atomic E-state index is 0.959. The van der Waals surface area contributed by atoms with Gasteiger partial charge in [0.2, 0.25) is 0 Å². The number of nitrogens with zero attached hydrogens (tertiary/aromatic N) is 1. The number of nitrogens with one attached hydrogen (secondary N) is 1. The Hall–Kier alpha value is -0.0900. The first-order valence-corrected chi connectivity index (χ1v) is 7.73. The Bertz CT molecular complexity index is 332. The van der Waals surface area contributed by atoms with E-state index in [2.05, 4.69) is 26.2 Å². The van der Waals surface area contributed by atoms with Gasteiger partial charge in [0, 0.05) is 11.9 Å². The number of anilines is 1. The summed E-state index contributed by atoms with van der Waals surface area (Å²) in [4.78, 5) is 5.82. The lowest BCUT2D eigenvalue weighted by atomic mass is 9.86. The van der Waals surface area contributed by atoms with Gasteiger partial charge in [0.05, 0.1) is 0 Å². The molecule has 1 heterocycles. The smallest absolute Gasteiger partial charge is 0.183 e. The first-order chi connectivity index (χ1) is 7.79. The maximum atomic E-state index is 4.42. The van der Waals surface area contributed by atoms with Crippen LogP contribution in [-0.4, -0.2) is 12.0 Å². The Kier molecular flexibility index (Phi) is 4.65. The van der Waals surface area contributed by atoms with Crippen LogP contribution in [0.25, 0.3) is 0 Å². The molecule has 90 valence electrons. The fourth-order valence-electron chi connectivity index (χ4n) is 2.41. The summed E-state index contributed by atoms with van der Waals surface area (Å²) < 4.78 is 1.04. The van der Waals surface area contributed by atoms with Crippen LogP contribution in [-0.2, 0) is 6.42 Å². The zero-order valence-corrected chi connectivity index (χ0v) is 12.2. The second-order valence-corrected chi connectivity index (χ2v) is 6.36. The van der Waals surface area contributed by atoms with E-state index in [0.717, 1.165) is 15.7 Å². The fraction of sp³-hybridized carbons (Fsp3) is 0.750. The van der Waals surface area contributed by atoms with Crippen LogP contribution in [0.15, 0.2) is 4.60 Å². The summed E-state index contributed by atoms with van der Waals surface area (Å²) in [5, 5.41) is 4.12. The average molecular weight is 303 g/mol. The number of halogens is 1. The molecular weight excluding hydrogens is 284 g/mol. The molecule has 4 heteroatoms. The van der Waals surface area contributed by atoms with Crippen LogP contribution in [0.1, 0.15) is 43.4 Å². The number of hydrogen-bond acceptors (Lipinski definition) is 3. The molecule has 0 aromatic carbocycles. The van der Waals surface area contributed by atoms with E-state index in [1.807, 2.05) is 7.05 Å². The van der Waals surface area contributed by atoms with Crippen LogP contribution in [0, 0.1) is 5.92 Å². The molecule has 2 nitrogen and oxygen atoms in total. The highest BCUT2D eigenvalue weighted by Crippen LogP contribution is 2.32. The maximum Gasteiger partial charge on any atom is 0.183 e. The van der Waals surface area contributed by atoms with E-state index in [0.29, 0.717) is 0 Å². The van der Waals surface area contributed by atoms with Crippen LogP contribution < -0.4 is 5.32 Å². The summed E-state index contributed by atoms with van der Waals surface area (Å²) in [6.07, 6.45) is 9.73. The van der Waals surface area contributed by atoms with Crippen LogP contribution >= 0.6 is 27.3 Å². The molecule has 2 rings (SSSR count). The van der Waals surface area contributed by atoms with Crippen LogP contribution in [0.3, 0.4) is 0 Å². The molecule has 1 N–H and O–H groups in total. The van der Waals surface area contributed by atoms with Gasteiger partial charge in [-0.15, -0.1) is 11.3 Å². The molecule has 0 unspecified atom stereocenters. The van der Waals surface area contributed by atoms with E-state index in [1.54, 1.807) is 11.3 Å². The Morgan fingerprint density at radius 1 is 1.38 bits per heavy atom. The number of hydrogen-bond donors (Lipinski definition) is 1. The van der Waals surface area contributed by atoms with E-state index >= 15 is 0 Å². The second-order valence-electron chi connectivity index (χ2n) is 4.53. The Morgan fingerprint density at radius 2 is 2.12 bits per heavy atom. The molecule has 1 aliphatic carbocycles. The number of rotatable bonds is 4. The maximum absolute atomic E-state index is 4.42. The average Bonchev–Trinajstić information content (AvgIpc) is 2.69. The van der Waals surface area contributed by atoms with Gasteiger partial charge in [0.25, 0.3) is 0 Å². The van der Waals surface area contributed by atoms with Crippen molar-refractivity contribution in [2.24, 2.45) is 5.92 Å². The predicted octanol–water partition coefficient (Wildman–Crippen LogP) is 4.46. The first-order valence-electron chi connectivity index (χ1n) is 6.12.